The van der Waals surface area contributed by atoms with Crippen LogP contribution in [-0.2, 0) is 13.6 Å². The summed E-state index contributed by atoms with van der Waals surface area (Å²) in [5, 5.41) is 9.55. The van der Waals surface area contributed by atoms with Gasteiger partial charge in [-0.3, -0.25) is 14.3 Å². The van der Waals surface area contributed by atoms with Crippen LogP contribution in [0.5, 0.6) is 0 Å². The second-order valence-electron chi connectivity index (χ2n) is 4.72. The van der Waals surface area contributed by atoms with E-state index < -0.39 is 11.3 Å². The van der Waals surface area contributed by atoms with Crippen LogP contribution in [-0.4, -0.2) is 15.7 Å². The van der Waals surface area contributed by atoms with Crippen LogP contribution >= 0.6 is 22.9 Å². The minimum atomic E-state index is -0.490. The van der Waals surface area contributed by atoms with Crippen molar-refractivity contribution in [1.29, 1.82) is 0 Å². The first-order chi connectivity index (χ1) is 10.6. The Kier molecular flexibility index (Phi) is 3.96. The molecule has 0 aliphatic heterocycles. The Morgan fingerprint density at radius 2 is 2.23 bits per heavy atom. The maximum absolute atomic E-state index is 12.4. The number of aryl methyl sites for hydroxylation is 1. The minimum Gasteiger partial charge on any atom is -0.346 e. The van der Waals surface area contributed by atoms with Crippen molar-refractivity contribution in [3.63, 3.8) is 0 Å². The molecule has 7 heteroatoms. The molecule has 0 atom stereocenters. The molecule has 1 N–H and O–H groups in total. The lowest BCUT2D eigenvalue weighted by Gasteiger charge is -2.08. The lowest BCUT2D eigenvalue weighted by Crippen LogP contribution is -2.31. The molecule has 2 aromatic heterocycles. The fourth-order valence-corrected chi connectivity index (χ4v) is 2.98. The number of thiophene rings is 1. The first kappa shape index (κ1) is 14.7. The fraction of sp³-hybridized carbons (Fsp3) is 0.133. The third-order valence-corrected chi connectivity index (χ3v) is 4.35. The van der Waals surface area contributed by atoms with Crippen LogP contribution in [0.25, 0.3) is 10.9 Å². The van der Waals surface area contributed by atoms with E-state index in [9.17, 15) is 9.59 Å². The Bertz CT molecular complexity index is 903. The van der Waals surface area contributed by atoms with Crippen molar-refractivity contribution >= 4 is 39.7 Å². The van der Waals surface area contributed by atoms with Gasteiger partial charge in [-0.2, -0.15) is 5.10 Å². The van der Waals surface area contributed by atoms with Gasteiger partial charge in [-0.15, -0.1) is 11.3 Å². The normalized spacial score (nSPS) is 10.8. The van der Waals surface area contributed by atoms with E-state index >= 15 is 0 Å². The largest absolute Gasteiger partial charge is 0.346 e. The smallest absolute Gasteiger partial charge is 0.276 e. The van der Waals surface area contributed by atoms with E-state index in [-0.39, 0.29) is 5.69 Å². The first-order valence-corrected chi connectivity index (χ1v) is 7.79. The van der Waals surface area contributed by atoms with Crippen LogP contribution in [0, 0.1) is 0 Å². The van der Waals surface area contributed by atoms with E-state index in [0.717, 1.165) is 4.88 Å². The molecule has 112 valence electrons. The van der Waals surface area contributed by atoms with E-state index in [4.69, 9.17) is 11.6 Å². The van der Waals surface area contributed by atoms with Crippen molar-refractivity contribution in [3.05, 3.63) is 61.5 Å². The van der Waals surface area contributed by atoms with Crippen LogP contribution in [0.1, 0.15) is 15.4 Å². The summed E-state index contributed by atoms with van der Waals surface area (Å²) in [4.78, 5) is 25.7. The lowest BCUT2D eigenvalue weighted by molar-refractivity contribution is 0.0943. The van der Waals surface area contributed by atoms with Crippen molar-refractivity contribution < 1.29 is 4.79 Å². The molecule has 0 spiro atoms. The Hall–Kier alpha value is -2.18. The van der Waals surface area contributed by atoms with Gasteiger partial charge in [0.1, 0.15) is 0 Å². The van der Waals surface area contributed by atoms with Crippen molar-refractivity contribution in [3.8, 4) is 0 Å². The highest BCUT2D eigenvalue weighted by Gasteiger charge is 2.16. The van der Waals surface area contributed by atoms with E-state index in [0.29, 0.717) is 22.5 Å². The van der Waals surface area contributed by atoms with Gasteiger partial charge >= 0.3 is 0 Å². The van der Waals surface area contributed by atoms with Gasteiger partial charge in [0, 0.05) is 16.9 Å². The predicted molar refractivity (Wildman–Crippen MR) is 87.5 cm³/mol. The third kappa shape index (κ3) is 2.75. The van der Waals surface area contributed by atoms with Crippen molar-refractivity contribution in [2.45, 2.75) is 6.54 Å². The Morgan fingerprint density at radius 1 is 1.41 bits per heavy atom. The molecule has 1 amide bonds. The van der Waals surface area contributed by atoms with Gasteiger partial charge in [0.05, 0.1) is 17.4 Å². The summed E-state index contributed by atoms with van der Waals surface area (Å²) in [6.07, 6.45) is 0. The molecule has 0 bridgehead atoms. The summed E-state index contributed by atoms with van der Waals surface area (Å²) >= 11 is 7.47. The third-order valence-electron chi connectivity index (χ3n) is 3.24. The maximum Gasteiger partial charge on any atom is 0.276 e. The highest BCUT2D eigenvalue weighted by atomic mass is 35.5. The molecule has 0 aliphatic carbocycles. The number of amides is 1. The fourth-order valence-electron chi connectivity index (χ4n) is 2.16. The molecule has 0 unspecified atom stereocenters. The molecule has 2 heterocycles. The van der Waals surface area contributed by atoms with Gasteiger partial charge in [-0.05, 0) is 29.6 Å². The predicted octanol–water partition coefficient (Wildman–Crippen LogP) is 2.58. The van der Waals surface area contributed by atoms with Gasteiger partial charge < -0.3 is 5.32 Å². The number of fused-ring (bicyclic) bond motifs is 1. The average Bonchev–Trinajstić information content (AvgIpc) is 3.01. The number of carbonyl (C=O) groups excluding carboxylic acids is 1. The van der Waals surface area contributed by atoms with Gasteiger partial charge in [-0.25, -0.2) is 0 Å². The average molecular weight is 334 g/mol. The topological polar surface area (TPSA) is 64.0 Å². The molecular formula is C15H12ClN3O2S. The molecule has 0 radical (unpaired) electrons. The van der Waals surface area contributed by atoms with Gasteiger partial charge in [-0.1, -0.05) is 17.7 Å². The number of aromatic nitrogens is 2. The zero-order valence-electron chi connectivity index (χ0n) is 11.7. The highest BCUT2D eigenvalue weighted by Crippen LogP contribution is 2.16. The first-order valence-electron chi connectivity index (χ1n) is 6.53. The molecule has 22 heavy (non-hydrogen) atoms. The monoisotopic (exact) mass is 333 g/mol. The van der Waals surface area contributed by atoms with Crippen LogP contribution in [0.4, 0.5) is 0 Å². The van der Waals surface area contributed by atoms with Crippen molar-refractivity contribution in [2.75, 3.05) is 0 Å². The number of nitrogens with one attached hydrogen (secondary N) is 1. The number of rotatable bonds is 3. The molecule has 5 nitrogen and oxygen atoms in total. The van der Waals surface area contributed by atoms with E-state index in [1.807, 2.05) is 17.5 Å². The lowest BCUT2D eigenvalue weighted by atomic mass is 10.2. The summed E-state index contributed by atoms with van der Waals surface area (Å²) in [5.74, 6) is -0.490. The summed E-state index contributed by atoms with van der Waals surface area (Å²) < 4.78 is 1.51. The summed E-state index contributed by atoms with van der Waals surface area (Å²) in [6, 6.07) is 8.76. The molecule has 3 rings (SSSR count). The van der Waals surface area contributed by atoms with Crippen LogP contribution in [0.3, 0.4) is 0 Å². The number of hydrogen-bond acceptors (Lipinski definition) is 4. The molecule has 0 fully saturated rings. The zero-order valence-corrected chi connectivity index (χ0v) is 13.2. The summed E-state index contributed by atoms with van der Waals surface area (Å²) in [7, 11) is 1.69. The second kappa shape index (κ2) is 5.90. The molecule has 1 aromatic carbocycles. The van der Waals surface area contributed by atoms with E-state index in [1.165, 1.54) is 16.0 Å². The van der Waals surface area contributed by atoms with Crippen LogP contribution < -0.4 is 10.7 Å². The molecule has 3 aromatic rings. The van der Waals surface area contributed by atoms with Gasteiger partial charge in [0.25, 0.3) is 5.91 Å². The number of benzene rings is 1. The number of hydrogen-bond donors (Lipinski definition) is 1. The molecule has 0 aliphatic rings. The molecule has 0 saturated carbocycles. The Labute approximate surface area is 135 Å². The number of carbonyl (C=O) groups is 1. The van der Waals surface area contributed by atoms with E-state index in [2.05, 4.69) is 10.4 Å². The standard InChI is InChI=1S/C15H12ClN3O2S/c1-19-12-5-4-9(16)7-11(12)14(20)13(18-19)15(21)17-8-10-3-2-6-22-10/h2-7H,8H2,1H3,(H,17,21). The van der Waals surface area contributed by atoms with Crippen molar-refractivity contribution in [2.24, 2.45) is 7.05 Å². The number of nitrogens with zero attached hydrogens (tertiary/aromatic N) is 2. The molecule has 0 saturated heterocycles. The van der Waals surface area contributed by atoms with E-state index in [1.54, 1.807) is 25.2 Å². The van der Waals surface area contributed by atoms with Crippen LogP contribution in [0.15, 0.2) is 40.5 Å². The second-order valence-corrected chi connectivity index (χ2v) is 6.19. The van der Waals surface area contributed by atoms with Crippen molar-refractivity contribution in [1.82, 2.24) is 15.1 Å². The SMILES string of the molecule is Cn1nc(C(=O)NCc2cccs2)c(=O)c2cc(Cl)ccc21. The van der Waals surface area contributed by atoms with Gasteiger partial charge in [0.2, 0.25) is 5.43 Å². The maximum atomic E-state index is 12.4. The van der Waals surface area contributed by atoms with Crippen LogP contribution in [0.2, 0.25) is 5.02 Å². The zero-order chi connectivity index (χ0) is 15.7. The highest BCUT2D eigenvalue weighted by molar-refractivity contribution is 7.09. The minimum absolute atomic E-state index is 0.131. The summed E-state index contributed by atoms with van der Waals surface area (Å²) in [5.41, 5.74) is 0.0808. The quantitative estimate of drug-likeness (QED) is 0.801. The molecular weight excluding hydrogens is 322 g/mol. The Balaban J connectivity index is 1.98. The Morgan fingerprint density at radius 3 is 2.95 bits per heavy atom. The van der Waals surface area contributed by atoms with Gasteiger partial charge in [0.15, 0.2) is 5.69 Å². The summed E-state index contributed by atoms with van der Waals surface area (Å²) in [6.45, 7) is 0.370. The number of halogens is 1.